The van der Waals surface area contributed by atoms with Gasteiger partial charge in [0.1, 0.15) is 13.2 Å². The molecule has 1 amide bonds. The molecule has 0 bridgehead atoms. The molecule has 0 aliphatic carbocycles. The number of aromatic nitrogens is 1. The Morgan fingerprint density at radius 2 is 1.91 bits per heavy atom. The quantitative estimate of drug-likeness (QED) is 0.519. The fourth-order valence-electron chi connectivity index (χ4n) is 3.30. The summed E-state index contributed by atoms with van der Waals surface area (Å²) >= 11 is 1.12. The number of ether oxygens (including phenoxy) is 3. The van der Waals surface area contributed by atoms with Crippen molar-refractivity contribution in [2.75, 3.05) is 19.8 Å². The molecule has 2 aromatic carbocycles. The highest BCUT2D eigenvalue weighted by Gasteiger charge is 2.17. The van der Waals surface area contributed by atoms with Gasteiger partial charge in [-0.15, -0.1) is 0 Å². The van der Waals surface area contributed by atoms with Gasteiger partial charge in [-0.3, -0.25) is 9.59 Å². The maximum atomic E-state index is 12.9. The van der Waals surface area contributed by atoms with Crippen LogP contribution in [0.3, 0.4) is 0 Å². The second-order valence-corrected chi connectivity index (χ2v) is 9.61. The molecule has 0 atom stereocenters. The van der Waals surface area contributed by atoms with E-state index in [2.05, 4.69) is 4.99 Å². The zero-order chi connectivity index (χ0) is 23.6. The molecule has 0 radical (unpaired) electrons. The zero-order valence-corrected chi connectivity index (χ0v) is 19.3. The van der Waals surface area contributed by atoms with E-state index in [4.69, 9.17) is 19.3 Å². The van der Waals surface area contributed by atoms with Crippen LogP contribution in [0.25, 0.3) is 10.2 Å². The van der Waals surface area contributed by atoms with Crippen LogP contribution < -0.4 is 19.4 Å². The summed E-state index contributed by atoms with van der Waals surface area (Å²) in [5.74, 6) is 0.107. The maximum Gasteiger partial charge on any atom is 0.307 e. The first-order chi connectivity index (χ1) is 15.8. The van der Waals surface area contributed by atoms with Crippen LogP contribution in [0.4, 0.5) is 0 Å². The summed E-state index contributed by atoms with van der Waals surface area (Å²) in [4.78, 5) is 29.3. The lowest BCUT2D eigenvalue weighted by molar-refractivity contribution is -0.143. The number of hydrogen-bond donors (Lipinski definition) is 1. The largest absolute Gasteiger partial charge is 0.486 e. The second-order valence-electron chi connectivity index (χ2n) is 7.04. The van der Waals surface area contributed by atoms with Gasteiger partial charge in [-0.05, 0) is 43.3 Å². The van der Waals surface area contributed by atoms with Crippen LogP contribution in [0.1, 0.15) is 23.7 Å². The van der Waals surface area contributed by atoms with Crippen LogP contribution in [0, 0.1) is 0 Å². The van der Waals surface area contributed by atoms with Crippen LogP contribution in [-0.4, -0.2) is 44.7 Å². The third-order valence-corrected chi connectivity index (χ3v) is 6.77. The summed E-state index contributed by atoms with van der Waals surface area (Å²) in [5.41, 5.74) is 0.921. The second kappa shape index (κ2) is 9.33. The molecule has 0 saturated carbocycles. The molecule has 2 heterocycles. The number of sulfonamides is 1. The predicted octanol–water partition coefficient (Wildman–Crippen LogP) is 1.82. The SMILES string of the molecule is CCOC(=O)CCn1c(=NC(=O)c2ccc3c(c2)OCCO3)sc2cc(S(N)(=O)=O)ccc21. The number of carbonyl (C=O) groups excluding carboxylic acids is 2. The van der Waals surface area contributed by atoms with E-state index in [9.17, 15) is 18.0 Å². The average molecular weight is 492 g/mol. The van der Waals surface area contributed by atoms with Gasteiger partial charge in [0.15, 0.2) is 16.3 Å². The van der Waals surface area contributed by atoms with Crippen molar-refractivity contribution < 1.29 is 32.2 Å². The first kappa shape index (κ1) is 23.0. The Hall–Kier alpha value is -3.22. The highest BCUT2D eigenvalue weighted by atomic mass is 32.2. The number of aryl methyl sites for hydroxylation is 1. The van der Waals surface area contributed by atoms with Gasteiger partial charge in [0.2, 0.25) is 10.0 Å². The van der Waals surface area contributed by atoms with E-state index < -0.39 is 21.9 Å². The van der Waals surface area contributed by atoms with Gasteiger partial charge in [0, 0.05) is 12.1 Å². The molecule has 2 N–H and O–H groups in total. The van der Waals surface area contributed by atoms with Crippen LogP contribution in [0.5, 0.6) is 11.5 Å². The summed E-state index contributed by atoms with van der Waals surface area (Å²) in [7, 11) is -3.91. The Morgan fingerprint density at radius 3 is 2.64 bits per heavy atom. The van der Waals surface area contributed by atoms with Crippen molar-refractivity contribution in [1.82, 2.24) is 4.57 Å². The Bertz CT molecular complexity index is 1410. The fourth-order valence-corrected chi connectivity index (χ4v) is 5.00. The van der Waals surface area contributed by atoms with Crippen molar-refractivity contribution in [1.29, 1.82) is 0 Å². The average Bonchev–Trinajstić information content (AvgIpc) is 3.13. The Labute approximate surface area is 193 Å². The number of nitrogens with two attached hydrogens (primary N) is 1. The molecule has 1 aromatic heterocycles. The van der Waals surface area contributed by atoms with Crippen molar-refractivity contribution in [3.05, 3.63) is 46.8 Å². The number of benzene rings is 2. The molecular weight excluding hydrogens is 470 g/mol. The minimum atomic E-state index is -3.91. The number of rotatable bonds is 6. The van der Waals surface area contributed by atoms with Gasteiger partial charge < -0.3 is 18.8 Å². The number of hydrogen-bond acceptors (Lipinski definition) is 8. The Balaban J connectivity index is 1.76. The lowest BCUT2D eigenvalue weighted by Gasteiger charge is -2.18. The van der Waals surface area contributed by atoms with Gasteiger partial charge in [-0.25, -0.2) is 13.6 Å². The van der Waals surface area contributed by atoms with Gasteiger partial charge in [0.05, 0.1) is 28.1 Å². The van der Waals surface area contributed by atoms with Crippen molar-refractivity contribution in [2.24, 2.45) is 10.1 Å². The number of carbonyl (C=O) groups is 2. The van der Waals surface area contributed by atoms with Crippen LogP contribution in [0.15, 0.2) is 46.3 Å². The van der Waals surface area contributed by atoms with E-state index in [1.54, 1.807) is 35.8 Å². The van der Waals surface area contributed by atoms with Crippen molar-refractivity contribution in [2.45, 2.75) is 24.8 Å². The van der Waals surface area contributed by atoms with Gasteiger partial charge in [-0.1, -0.05) is 11.3 Å². The number of fused-ring (bicyclic) bond motifs is 2. The Morgan fingerprint density at radius 1 is 1.15 bits per heavy atom. The van der Waals surface area contributed by atoms with E-state index in [-0.39, 0.29) is 24.5 Å². The van der Waals surface area contributed by atoms with E-state index in [0.717, 1.165) is 11.3 Å². The zero-order valence-electron chi connectivity index (χ0n) is 17.6. The Kier molecular flexibility index (Phi) is 6.49. The lowest BCUT2D eigenvalue weighted by atomic mass is 10.2. The molecule has 174 valence electrons. The van der Waals surface area contributed by atoms with Gasteiger partial charge in [-0.2, -0.15) is 4.99 Å². The molecule has 0 unspecified atom stereocenters. The van der Waals surface area contributed by atoms with Gasteiger partial charge >= 0.3 is 5.97 Å². The third-order valence-electron chi connectivity index (χ3n) is 4.81. The molecule has 1 aliphatic heterocycles. The maximum absolute atomic E-state index is 12.9. The fraction of sp³-hybridized carbons (Fsp3) is 0.286. The van der Waals surface area contributed by atoms with Crippen LogP contribution >= 0.6 is 11.3 Å². The summed E-state index contributed by atoms with van der Waals surface area (Å²) in [6, 6.07) is 9.17. The molecule has 3 aromatic rings. The van der Waals surface area contributed by atoms with Crippen molar-refractivity contribution in [3.8, 4) is 11.5 Å². The van der Waals surface area contributed by atoms with E-state index in [0.29, 0.717) is 45.3 Å². The standard InChI is InChI=1S/C21H21N3O7S2/c1-2-29-19(25)7-8-24-15-5-4-14(33(22,27)28)12-18(15)32-21(24)23-20(26)13-3-6-16-17(11-13)31-10-9-30-16/h3-6,11-12H,2,7-10H2,1H3,(H2,22,27,28). The molecule has 0 saturated heterocycles. The highest BCUT2D eigenvalue weighted by Crippen LogP contribution is 2.31. The molecule has 1 aliphatic rings. The van der Waals surface area contributed by atoms with Gasteiger partial charge in [0.25, 0.3) is 5.91 Å². The monoisotopic (exact) mass is 491 g/mol. The first-order valence-corrected chi connectivity index (χ1v) is 12.4. The molecule has 0 spiro atoms. The predicted molar refractivity (Wildman–Crippen MR) is 120 cm³/mol. The third kappa shape index (κ3) is 5.07. The molecule has 10 nitrogen and oxygen atoms in total. The number of esters is 1. The highest BCUT2D eigenvalue weighted by molar-refractivity contribution is 7.89. The number of amides is 1. The molecule has 33 heavy (non-hydrogen) atoms. The van der Waals surface area contributed by atoms with E-state index in [1.807, 2.05) is 0 Å². The molecule has 0 fully saturated rings. The van der Waals surface area contributed by atoms with Crippen molar-refractivity contribution >= 4 is 43.5 Å². The normalized spacial score (nSPS) is 13.8. The smallest absolute Gasteiger partial charge is 0.307 e. The first-order valence-electron chi connectivity index (χ1n) is 10.1. The van der Waals surface area contributed by atoms with Crippen LogP contribution in [-0.2, 0) is 26.1 Å². The number of thiazole rings is 1. The topological polar surface area (TPSA) is 139 Å². The summed E-state index contributed by atoms with van der Waals surface area (Å²) in [6.45, 7) is 2.99. The molecular formula is C21H21N3O7S2. The molecule has 4 rings (SSSR count). The summed E-state index contributed by atoms with van der Waals surface area (Å²) < 4.78 is 41.7. The molecule has 12 heteroatoms. The van der Waals surface area contributed by atoms with E-state index >= 15 is 0 Å². The lowest BCUT2D eigenvalue weighted by Crippen LogP contribution is -2.20. The summed E-state index contributed by atoms with van der Waals surface area (Å²) in [5, 5.41) is 5.25. The van der Waals surface area contributed by atoms with Crippen molar-refractivity contribution in [3.63, 3.8) is 0 Å². The van der Waals surface area contributed by atoms with E-state index in [1.165, 1.54) is 12.1 Å². The van der Waals surface area contributed by atoms with Crippen LogP contribution in [0.2, 0.25) is 0 Å². The minimum absolute atomic E-state index is 0.0569. The summed E-state index contributed by atoms with van der Waals surface area (Å²) in [6.07, 6.45) is 0.0576. The minimum Gasteiger partial charge on any atom is -0.486 e. The number of primary sulfonamides is 1. The number of nitrogens with zero attached hydrogens (tertiary/aromatic N) is 2.